The van der Waals surface area contributed by atoms with Crippen molar-refractivity contribution in [3.8, 4) is 11.5 Å². The van der Waals surface area contributed by atoms with Crippen LogP contribution >= 0.6 is 11.6 Å². The Kier molecular flexibility index (Phi) is 6.25. The SMILES string of the molecule is COc1ccc(C(N)=O)c(OC(C)C(=O)NCc2ccc(Cl)cc2)c1. The molecule has 3 N–H and O–H groups in total. The number of nitrogens with two attached hydrogens (primary N) is 1. The molecule has 0 aliphatic heterocycles. The number of nitrogens with one attached hydrogen (secondary N) is 1. The molecule has 0 saturated carbocycles. The molecule has 0 radical (unpaired) electrons. The normalized spacial score (nSPS) is 11.5. The van der Waals surface area contributed by atoms with Gasteiger partial charge in [-0.05, 0) is 36.8 Å². The van der Waals surface area contributed by atoms with E-state index in [0.717, 1.165) is 5.56 Å². The van der Waals surface area contributed by atoms with Gasteiger partial charge in [-0.25, -0.2) is 0 Å². The Morgan fingerprint density at radius 1 is 1.20 bits per heavy atom. The van der Waals surface area contributed by atoms with Crippen molar-refractivity contribution in [3.63, 3.8) is 0 Å². The van der Waals surface area contributed by atoms with Gasteiger partial charge in [0, 0.05) is 17.6 Å². The van der Waals surface area contributed by atoms with Gasteiger partial charge < -0.3 is 20.5 Å². The number of carbonyl (C=O) groups excluding carboxylic acids is 2. The predicted molar refractivity (Wildman–Crippen MR) is 94.9 cm³/mol. The summed E-state index contributed by atoms with van der Waals surface area (Å²) in [6.45, 7) is 1.92. The molecule has 2 aromatic carbocycles. The minimum Gasteiger partial charge on any atom is -0.497 e. The number of benzene rings is 2. The Morgan fingerprint density at radius 2 is 1.88 bits per heavy atom. The molecule has 0 spiro atoms. The summed E-state index contributed by atoms with van der Waals surface area (Å²) in [5.41, 5.74) is 6.42. The van der Waals surface area contributed by atoms with Crippen LogP contribution in [0.25, 0.3) is 0 Å². The van der Waals surface area contributed by atoms with Crippen molar-refractivity contribution in [2.75, 3.05) is 7.11 Å². The van der Waals surface area contributed by atoms with E-state index in [4.69, 9.17) is 26.8 Å². The topological polar surface area (TPSA) is 90.7 Å². The Bertz CT molecular complexity index is 762. The van der Waals surface area contributed by atoms with Gasteiger partial charge >= 0.3 is 0 Å². The molecular formula is C18H19ClN2O4. The van der Waals surface area contributed by atoms with Crippen LogP contribution in [-0.4, -0.2) is 25.0 Å². The maximum absolute atomic E-state index is 12.2. The Morgan fingerprint density at radius 3 is 2.48 bits per heavy atom. The second kappa shape index (κ2) is 8.39. The molecule has 0 aliphatic rings. The lowest BCUT2D eigenvalue weighted by molar-refractivity contribution is -0.127. The highest BCUT2D eigenvalue weighted by molar-refractivity contribution is 6.30. The number of halogens is 1. The molecule has 7 heteroatoms. The highest BCUT2D eigenvalue weighted by Gasteiger charge is 2.18. The summed E-state index contributed by atoms with van der Waals surface area (Å²) in [4.78, 5) is 23.7. The summed E-state index contributed by atoms with van der Waals surface area (Å²) in [6, 6.07) is 11.7. The van der Waals surface area contributed by atoms with Gasteiger partial charge in [0.05, 0.1) is 12.7 Å². The van der Waals surface area contributed by atoms with E-state index < -0.39 is 12.0 Å². The fourth-order valence-electron chi connectivity index (χ4n) is 2.11. The lowest BCUT2D eigenvalue weighted by atomic mass is 10.1. The van der Waals surface area contributed by atoms with Gasteiger partial charge in [0.1, 0.15) is 11.5 Å². The molecule has 2 rings (SSSR count). The third kappa shape index (κ3) is 5.12. The number of hydrogen-bond donors (Lipinski definition) is 2. The lowest BCUT2D eigenvalue weighted by Gasteiger charge is -2.17. The molecular weight excluding hydrogens is 344 g/mol. The largest absolute Gasteiger partial charge is 0.497 e. The lowest BCUT2D eigenvalue weighted by Crippen LogP contribution is -2.36. The number of methoxy groups -OCH3 is 1. The van der Waals surface area contributed by atoms with Crippen LogP contribution < -0.4 is 20.5 Å². The number of rotatable bonds is 7. The van der Waals surface area contributed by atoms with Gasteiger partial charge in [-0.1, -0.05) is 23.7 Å². The van der Waals surface area contributed by atoms with Gasteiger partial charge in [0.15, 0.2) is 6.10 Å². The molecule has 132 valence electrons. The first-order valence-corrected chi connectivity index (χ1v) is 7.95. The van der Waals surface area contributed by atoms with Crippen molar-refractivity contribution in [2.45, 2.75) is 19.6 Å². The molecule has 0 saturated heterocycles. The summed E-state index contributed by atoms with van der Waals surface area (Å²) in [7, 11) is 1.49. The Hall–Kier alpha value is -2.73. The average molecular weight is 363 g/mol. The standard InChI is InChI=1S/C18H19ClN2O4/c1-11(18(23)21-10-12-3-5-13(19)6-4-12)25-16-9-14(24-2)7-8-15(16)17(20)22/h3-9,11H,10H2,1-2H3,(H2,20,22)(H,21,23). The van der Waals surface area contributed by atoms with Crippen molar-refractivity contribution < 1.29 is 19.1 Å². The van der Waals surface area contributed by atoms with Gasteiger partial charge in [0.25, 0.3) is 11.8 Å². The van der Waals surface area contributed by atoms with Crippen LogP contribution in [0.2, 0.25) is 5.02 Å². The zero-order valence-electron chi connectivity index (χ0n) is 13.9. The van der Waals surface area contributed by atoms with E-state index in [-0.39, 0.29) is 17.2 Å². The van der Waals surface area contributed by atoms with Crippen molar-refractivity contribution in [3.05, 3.63) is 58.6 Å². The molecule has 1 unspecified atom stereocenters. The summed E-state index contributed by atoms with van der Waals surface area (Å²) in [6.07, 6.45) is -0.822. The fraction of sp³-hybridized carbons (Fsp3) is 0.222. The second-order valence-electron chi connectivity index (χ2n) is 5.33. The molecule has 6 nitrogen and oxygen atoms in total. The van der Waals surface area contributed by atoms with Crippen molar-refractivity contribution in [1.29, 1.82) is 0 Å². The van der Waals surface area contributed by atoms with E-state index in [1.54, 1.807) is 25.1 Å². The highest BCUT2D eigenvalue weighted by atomic mass is 35.5. The van der Waals surface area contributed by atoms with E-state index >= 15 is 0 Å². The van der Waals surface area contributed by atoms with Crippen LogP contribution in [0.3, 0.4) is 0 Å². The second-order valence-corrected chi connectivity index (χ2v) is 5.77. The number of carbonyl (C=O) groups is 2. The zero-order chi connectivity index (χ0) is 18.4. The summed E-state index contributed by atoms with van der Waals surface area (Å²) in [5, 5.41) is 3.39. The van der Waals surface area contributed by atoms with E-state index in [2.05, 4.69) is 5.32 Å². The first-order valence-electron chi connectivity index (χ1n) is 7.57. The third-order valence-corrected chi connectivity index (χ3v) is 3.76. The van der Waals surface area contributed by atoms with Crippen LogP contribution in [0.4, 0.5) is 0 Å². The molecule has 2 amide bonds. The minimum atomic E-state index is -0.822. The number of primary amides is 1. The Labute approximate surface area is 150 Å². The highest BCUT2D eigenvalue weighted by Crippen LogP contribution is 2.25. The monoisotopic (exact) mass is 362 g/mol. The number of amides is 2. The van der Waals surface area contributed by atoms with Crippen LogP contribution in [0.5, 0.6) is 11.5 Å². The van der Waals surface area contributed by atoms with Gasteiger partial charge in [-0.3, -0.25) is 9.59 Å². The summed E-state index contributed by atoms with van der Waals surface area (Å²) >= 11 is 5.82. The first-order chi connectivity index (χ1) is 11.9. The predicted octanol–water partition coefficient (Wildman–Crippen LogP) is 2.53. The van der Waals surface area contributed by atoms with E-state index in [0.29, 0.717) is 17.3 Å². The third-order valence-electron chi connectivity index (χ3n) is 3.51. The van der Waals surface area contributed by atoms with Crippen molar-refractivity contribution in [1.82, 2.24) is 5.32 Å². The molecule has 1 atom stereocenters. The van der Waals surface area contributed by atoms with Crippen LogP contribution in [0.15, 0.2) is 42.5 Å². The quantitative estimate of drug-likeness (QED) is 0.791. The fourth-order valence-corrected chi connectivity index (χ4v) is 2.24. The molecule has 0 heterocycles. The van der Waals surface area contributed by atoms with Crippen molar-refractivity contribution >= 4 is 23.4 Å². The molecule has 25 heavy (non-hydrogen) atoms. The molecule has 0 aromatic heterocycles. The summed E-state index contributed by atoms with van der Waals surface area (Å²) in [5.74, 6) is -0.283. The van der Waals surface area contributed by atoms with Crippen LogP contribution in [0, 0.1) is 0 Å². The van der Waals surface area contributed by atoms with E-state index in [9.17, 15) is 9.59 Å². The average Bonchev–Trinajstić information content (AvgIpc) is 2.60. The van der Waals surface area contributed by atoms with E-state index in [1.165, 1.54) is 19.2 Å². The van der Waals surface area contributed by atoms with Crippen molar-refractivity contribution in [2.24, 2.45) is 5.73 Å². The van der Waals surface area contributed by atoms with Gasteiger partial charge in [-0.15, -0.1) is 0 Å². The molecule has 0 aliphatic carbocycles. The van der Waals surface area contributed by atoms with Gasteiger partial charge in [-0.2, -0.15) is 0 Å². The Balaban J connectivity index is 2.02. The summed E-state index contributed by atoms with van der Waals surface area (Å²) < 4.78 is 10.7. The maximum atomic E-state index is 12.2. The molecule has 0 bridgehead atoms. The maximum Gasteiger partial charge on any atom is 0.261 e. The molecule has 2 aromatic rings. The van der Waals surface area contributed by atoms with Gasteiger partial charge in [0.2, 0.25) is 0 Å². The number of hydrogen-bond acceptors (Lipinski definition) is 4. The number of ether oxygens (including phenoxy) is 2. The zero-order valence-corrected chi connectivity index (χ0v) is 14.7. The molecule has 0 fully saturated rings. The first kappa shape index (κ1) is 18.6. The van der Waals surface area contributed by atoms with E-state index in [1.807, 2.05) is 12.1 Å². The smallest absolute Gasteiger partial charge is 0.261 e. The van der Waals surface area contributed by atoms with Crippen LogP contribution in [-0.2, 0) is 11.3 Å². The minimum absolute atomic E-state index is 0.179. The van der Waals surface area contributed by atoms with Crippen LogP contribution in [0.1, 0.15) is 22.8 Å².